The first-order valence-corrected chi connectivity index (χ1v) is 17.2. The predicted molar refractivity (Wildman–Crippen MR) is 189 cm³/mol. The number of benzene rings is 1. The number of nitrogens with zero attached hydrogens (tertiary/aromatic N) is 7. The van der Waals surface area contributed by atoms with Crippen molar-refractivity contribution in [2.24, 2.45) is 0 Å². The van der Waals surface area contributed by atoms with Crippen LogP contribution in [-0.2, 0) is 22.6 Å². The number of hydrogen-bond acceptors (Lipinski definition) is 8. The van der Waals surface area contributed by atoms with Crippen molar-refractivity contribution in [2.75, 3.05) is 40.8 Å². The molecular weight excluding hydrogens is 661 g/mol. The zero-order valence-corrected chi connectivity index (χ0v) is 29.4. The lowest BCUT2D eigenvalue weighted by Gasteiger charge is -2.36. The van der Waals surface area contributed by atoms with Crippen LogP contribution >= 0.6 is 11.3 Å². The lowest BCUT2D eigenvalue weighted by atomic mass is 9.95. The maximum absolute atomic E-state index is 16.0. The van der Waals surface area contributed by atoms with Crippen molar-refractivity contribution in [1.82, 2.24) is 34.4 Å². The average molecular weight is 698 g/mol. The van der Waals surface area contributed by atoms with Gasteiger partial charge in [0.2, 0.25) is 11.8 Å². The van der Waals surface area contributed by atoms with Crippen LogP contribution in [0.3, 0.4) is 0 Å². The van der Waals surface area contributed by atoms with E-state index in [2.05, 4.69) is 17.5 Å². The van der Waals surface area contributed by atoms with Crippen molar-refractivity contribution in [3.63, 3.8) is 0 Å². The highest BCUT2D eigenvalue weighted by atomic mass is 32.1. The van der Waals surface area contributed by atoms with Gasteiger partial charge in [-0.2, -0.15) is 5.10 Å². The van der Waals surface area contributed by atoms with Crippen LogP contribution in [0.5, 0.6) is 5.75 Å². The number of fused-ring (bicyclic) bond motifs is 3. The Labute approximate surface area is 292 Å². The quantitative estimate of drug-likeness (QED) is 0.185. The molecule has 10 nitrogen and oxygen atoms in total. The van der Waals surface area contributed by atoms with E-state index in [1.54, 1.807) is 23.9 Å². The topological polar surface area (TPSA) is 96.7 Å². The Morgan fingerprint density at radius 3 is 2.68 bits per heavy atom. The Bertz CT molecular complexity index is 2180. The maximum Gasteiger partial charge on any atom is 0.246 e. The number of ether oxygens (including phenoxy) is 1. The van der Waals surface area contributed by atoms with Gasteiger partial charge in [-0.25, -0.2) is 13.8 Å². The fourth-order valence-corrected chi connectivity index (χ4v) is 7.91. The van der Waals surface area contributed by atoms with Crippen LogP contribution in [0.2, 0.25) is 0 Å². The van der Waals surface area contributed by atoms with Crippen LogP contribution < -0.4 is 4.74 Å². The molecule has 7 rings (SSSR count). The summed E-state index contributed by atoms with van der Waals surface area (Å²) in [5, 5.41) is 7.69. The summed E-state index contributed by atoms with van der Waals surface area (Å²) in [7, 11) is 4.88. The summed E-state index contributed by atoms with van der Waals surface area (Å²) >= 11 is 1.42. The molecule has 0 aliphatic carbocycles. The fourth-order valence-electron chi connectivity index (χ4n) is 6.97. The minimum absolute atomic E-state index is 0.0317. The van der Waals surface area contributed by atoms with Gasteiger partial charge in [-0.1, -0.05) is 6.58 Å². The molecule has 0 spiro atoms. The smallest absolute Gasteiger partial charge is 0.246 e. The first-order valence-electron chi connectivity index (χ1n) is 16.4. The molecule has 5 aromatic rings. The van der Waals surface area contributed by atoms with Gasteiger partial charge < -0.3 is 14.5 Å². The molecule has 2 aliphatic heterocycles. The van der Waals surface area contributed by atoms with Gasteiger partial charge in [0.05, 0.1) is 42.7 Å². The van der Waals surface area contributed by atoms with Crippen LogP contribution in [0.25, 0.3) is 43.9 Å². The van der Waals surface area contributed by atoms with Crippen molar-refractivity contribution >= 4 is 33.2 Å². The number of carbonyl (C=O) groups excluding carboxylic acids is 2. The fraction of sp³-hybridized carbons (Fsp3) is 0.324. The Balaban J connectivity index is 1.44. The molecule has 2 atom stereocenters. The van der Waals surface area contributed by atoms with Crippen LogP contribution in [0.4, 0.5) is 8.78 Å². The van der Waals surface area contributed by atoms with Crippen molar-refractivity contribution in [3.05, 3.63) is 83.1 Å². The highest BCUT2D eigenvalue weighted by Crippen LogP contribution is 2.47. The third-order valence-corrected chi connectivity index (χ3v) is 10.5. The Morgan fingerprint density at radius 1 is 1.14 bits per heavy atom. The van der Waals surface area contributed by atoms with E-state index in [0.717, 1.165) is 51.3 Å². The highest BCUT2D eigenvalue weighted by Gasteiger charge is 2.34. The molecule has 0 bridgehead atoms. The molecule has 0 saturated carbocycles. The molecule has 50 heavy (non-hydrogen) atoms. The number of halogens is 2. The molecule has 258 valence electrons. The Morgan fingerprint density at radius 2 is 1.94 bits per heavy atom. The molecule has 0 saturated heterocycles. The van der Waals surface area contributed by atoms with E-state index in [1.165, 1.54) is 24.5 Å². The van der Waals surface area contributed by atoms with Crippen LogP contribution in [0.15, 0.2) is 54.6 Å². The summed E-state index contributed by atoms with van der Waals surface area (Å²) in [4.78, 5) is 40.8. The molecule has 1 aromatic carbocycles. The number of amides is 2. The molecule has 6 heterocycles. The van der Waals surface area contributed by atoms with E-state index in [1.807, 2.05) is 42.2 Å². The molecule has 0 radical (unpaired) electrons. The predicted octanol–water partition coefficient (Wildman–Crippen LogP) is 6.27. The molecule has 4 aromatic heterocycles. The molecule has 2 aliphatic rings. The lowest BCUT2D eigenvalue weighted by molar-refractivity contribution is -0.130. The van der Waals surface area contributed by atoms with E-state index in [-0.39, 0.29) is 35.2 Å². The van der Waals surface area contributed by atoms with Crippen molar-refractivity contribution in [3.8, 4) is 39.5 Å². The van der Waals surface area contributed by atoms with Crippen LogP contribution in [-0.4, -0.2) is 87.1 Å². The zero-order valence-electron chi connectivity index (χ0n) is 28.5. The Hall–Kier alpha value is -5.01. The van der Waals surface area contributed by atoms with E-state index < -0.39 is 11.6 Å². The van der Waals surface area contributed by atoms with Crippen molar-refractivity contribution in [2.45, 2.75) is 38.9 Å². The van der Waals surface area contributed by atoms with Gasteiger partial charge in [0.15, 0.2) is 0 Å². The summed E-state index contributed by atoms with van der Waals surface area (Å²) in [6.45, 7) is 9.63. The summed E-state index contributed by atoms with van der Waals surface area (Å²) in [5.74, 6) is -1.66. The number of carbonyl (C=O) groups is 2. The number of rotatable bonds is 7. The number of aromatic nitrogens is 4. The average Bonchev–Trinajstić information content (AvgIpc) is 3.77. The summed E-state index contributed by atoms with van der Waals surface area (Å²) in [6, 6.07) is 7.43. The minimum Gasteiger partial charge on any atom is -0.496 e. The third-order valence-electron chi connectivity index (χ3n) is 9.59. The van der Waals surface area contributed by atoms with Crippen molar-refractivity contribution < 1.29 is 23.1 Å². The first-order chi connectivity index (χ1) is 24.0. The summed E-state index contributed by atoms with van der Waals surface area (Å²) in [6.07, 6.45) is 3.83. The number of thiophene rings is 1. The molecule has 0 N–H and O–H groups in total. The first kappa shape index (κ1) is 33.5. The van der Waals surface area contributed by atoms with E-state index in [4.69, 9.17) is 19.8 Å². The normalized spacial score (nSPS) is 17.4. The van der Waals surface area contributed by atoms with Gasteiger partial charge in [0.1, 0.15) is 28.8 Å². The number of likely N-dealkylation sites (N-methyl/N-ethyl adjacent to an activating group) is 1. The van der Waals surface area contributed by atoms with E-state index >= 15 is 4.39 Å². The van der Waals surface area contributed by atoms with Gasteiger partial charge in [0, 0.05) is 85.4 Å². The maximum atomic E-state index is 16.0. The second-order valence-corrected chi connectivity index (χ2v) is 13.9. The number of hydrogen-bond donors (Lipinski definition) is 0. The SMILES string of the molecule is C=CC(=O)N1C[C@H](C)n2nc(-c3nc(-c4cnc5c(c4)CN(CC(=O)N(C)C)CC5)c4ccsc4c3-c3c(F)cc(F)cc3OC)cc2[C@H]1C. The van der Waals surface area contributed by atoms with Gasteiger partial charge in [-0.3, -0.25) is 24.2 Å². The third kappa shape index (κ3) is 5.73. The van der Waals surface area contributed by atoms with Gasteiger partial charge in [0.25, 0.3) is 0 Å². The number of pyridine rings is 2. The minimum atomic E-state index is -0.788. The van der Waals surface area contributed by atoms with E-state index in [9.17, 15) is 14.0 Å². The number of methoxy groups -OCH3 is 1. The second-order valence-electron chi connectivity index (χ2n) is 13.0. The molecule has 0 fully saturated rings. The summed E-state index contributed by atoms with van der Waals surface area (Å²) in [5.41, 5.74) is 5.55. The van der Waals surface area contributed by atoms with Crippen molar-refractivity contribution in [1.29, 1.82) is 0 Å². The zero-order chi connectivity index (χ0) is 35.4. The van der Waals surface area contributed by atoms with E-state index in [0.29, 0.717) is 48.7 Å². The molecular formula is C37H37F2N7O3S. The second kappa shape index (κ2) is 13.0. The monoisotopic (exact) mass is 697 g/mol. The molecule has 13 heteroatoms. The lowest BCUT2D eigenvalue weighted by Crippen LogP contribution is -2.42. The molecule has 2 amide bonds. The Kier molecular flexibility index (Phi) is 8.73. The molecule has 0 unspecified atom stereocenters. The van der Waals surface area contributed by atoms with Gasteiger partial charge in [-0.05, 0) is 49.1 Å². The summed E-state index contributed by atoms with van der Waals surface area (Å²) < 4.78 is 38.6. The van der Waals surface area contributed by atoms with Crippen LogP contribution in [0, 0.1) is 11.6 Å². The highest BCUT2D eigenvalue weighted by molar-refractivity contribution is 7.18. The van der Waals surface area contributed by atoms with Crippen LogP contribution in [0.1, 0.15) is 42.9 Å². The van der Waals surface area contributed by atoms with Gasteiger partial charge >= 0.3 is 0 Å². The largest absolute Gasteiger partial charge is 0.496 e. The van der Waals surface area contributed by atoms with Gasteiger partial charge in [-0.15, -0.1) is 11.3 Å². The standard InChI is InChI=1S/C37H37F2N7O3S/c1-7-31(47)45-17-20(2)46-29(21(45)3)15-28(42-46)36-34(33-26(39)13-24(38)14-30(33)49-6)37-25(9-11-50-37)35(41-36)22-12-23-18-44(19-32(48)43(4)5)10-8-27(23)40-16-22/h7,9,11-16,20-21H,1,8,10,17-19H2,2-6H3/t20-,21+/m0/s1.